The Bertz CT molecular complexity index is 577. The van der Waals surface area contributed by atoms with Crippen LogP contribution in [0.3, 0.4) is 0 Å². The van der Waals surface area contributed by atoms with Crippen LogP contribution in [-0.4, -0.2) is 16.5 Å². The molecule has 0 radical (unpaired) electrons. The van der Waals surface area contributed by atoms with Crippen molar-refractivity contribution in [1.82, 2.24) is 9.97 Å². The van der Waals surface area contributed by atoms with Gasteiger partial charge < -0.3 is 10.6 Å². The van der Waals surface area contributed by atoms with Crippen molar-refractivity contribution in [1.29, 1.82) is 0 Å². The third kappa shape index (κ3) is 2.38. The average Bonchev–Trinajstić information content (AvgIpc) is 2.43. The van der Waals surface area contributed by atoms with E-state index in [4.69, 9.17) is 5.73 Å². The highest BCUT2D eigenvalue weighted by atomic mass is 15.1. The van der Waals surface area contributed by atoms with Crippen molar-refractivity contribution in [3.63, 3.8) is 0 Å². The predicted molar refractivity (Wildman–Crippen MR) is 77.0 cm³/mol. The Kier molecular flexibility index (Phi) is 3.07. The summed E-state index contributed by atoms with van der Waals surface area (Å²) in [6, 6.07) is 6.15. The number of fused-ring (bicyclic) bond motifs is 1. The fraction of sp³-hybridized carbons (Fsp3) is 0.333. The van der Waals surface area contributed by atoms with Gasteiger partial charge in [-0.1, -0.05) is 6.07 Å². The van der Waals surface area contributed by atoms with E-state index in [1.807, 2.05) is 31.5 Å². The Labute approximate surface area is 113 Å². The zero-order chi connectivity index (χ0) is 13.2. The molecule has 4 heteroatoms. The quantitative estimate of drug-likeness (QED) is 0.836. The molecule has 0 saturated carbocycles. The Morgan fingerprint density at radius 2 is 2.16 bits per heavy atom. The zero-order valence-corrected chi connectivity index (χ0v) is 11.1. The molecule has 2 heterocycles. The number of nitrogens with two attached hydrogens (primary N) is 1. The van der Waals surface area contributed by atoms with E-state index in [1.165, 1.54) is 11.3 Å². The molecule has 0 saturated heterocycles. The van der Waals surface area contributed by atoms with Gasteiger partial charge in [0.2, 0.25) is 0 Å². The number of aryl methyl sites for hydroxylation is 1. The first-order valence-corrected chi connectivity index (χ1v) is 6.64. The number of aromatic nitrogens is 2. The van der Waals surface area contributed by atoms with E-state index in [-0.39, 0.29) is 0 Å². The Morgan fingerprint density at radius 1 is 1.26 bits per heavy atom. The Hall–Kier alpha value is -2.10. The molecule has 98 valence electrons. The van der Waals surface area contributed by atoms with Crippen LogP contribution in [0.15, 0.2) is 30.6 Å². The van der Waals surface area contributed by atoms with E-state index in [9.17, 15) is 0 Å². The Morgan fingerprint density at radius 3 is 2.95 bits per heavy atom. The molecule has 0 fully saturated rings. The summed E-state index contributed by atoms with van der Waals surface area (Å²) in [6.45, 7) is 3.80. The maximum Gasteiger partial charge on any atom is 0.0780 e. The number of benzene rings is 1. The van der Waals surface area contributed by atoms with Crippen molar-refractivity contribution in [2.75, 3.05) is 17.2 Å². The van der Waals surface area contributed by atoms with Gasteiger partial charge in [0.25, 0.3) is 0 Å². The van der Waals surface area contributed by atoms with Crippen molar-refractivity contribution in [2.24, 2.45) is 0 Å². The average molecular weight is 254 g/mol. The Balaban J connectivity index is 1.88. The highest BCUT2D eigenvalue weighted by Crippen LogP contribution is 2.31. The molecule has 0 aliphatic carbocycles. The van der Waals surface area contributed by atoms with Crippen molar-refractivity contribution in [3.05, 3.63) is 47.5 Å². The van der Waals surface area contributed by atoms with E-state index in [0.717, 1.165) is 43.0 Å². The topological polar surface area (TPSA) is 55.0 Å². The van der Waals surface area contributed by atoms with Gasteiger partial charge in [-0.3, -0.25) is 9.97 Å². The van der Waals surface area contributed by atoms with E-state index in [0.29, 0.717) is 0 Å². The lowest BCUT2D eigenvalue weighted by atomic mass is 10.00. The minimum atomic E-state index is 0.795. The summed E-state index contributed by atoms with van der Waals surface area (Å²) >= 11 is 0. The highest BCUT2D eigenvalue weighted by Gasteiger charge is 2.18. The second kappa shape index (κ2) is 4.88. The lowest BCUT2D eigenvalue weighted by molar-refractivity contribution is 0.683. The summed E-state index contributed by atoms with van der Waals surface area (Å²) in [5.41, 5.74) is 11.4. The van der Waals surface area contributed by atoms with Crippen LogP contribution in [-0.2, 0) is 13.0 Å². The van der Waals surface area contributed by atoms with Crippen molar-refractivity contribution >= 4 is 11.4 Å². The molecule has 0 unspecified atom stereocenters. The maximum absolute atomic E-state index is 6.06. The van der Waals surface area contributed by atoms with Gasteiger partial charge in [-0.15, -0.1) is 0 Å². The van der Waals surface area contributed by atoms with Gasteiger partial charge in [0.1, 0.15) is 0 Å². The highest BCUT2D eigenvalue weighted by molar-refractivity contribution is 5.66. The van der Waals surface area contributed by atoms with Crippen LogP contribution in [0.5, 0.6) is 0 Å². The molecule has 19 heavy (non-hydrogen) atoms. The van der Waals surface area contributed by atoms with Crippen LogP contribution in [0.4, 0.5) is 11.4 Å². The number of hydrogen-bond donors (Lipinski definition) is 1. The van der Waals surface area contributed by atoms with Crippen LogP contribution in [0, 0.1) is 6.92 Å². The fourth-order valence-electron chi connectivity index (χ4n) is 2.59. The van der Waals surface area contributed by atoms with Crippen LogP contribution >= 0.6 is 0 Å². The van der Waals surface area contributed by atoms with Gasteiger partial charge in [-0.05, 0) is 37.5 Å². The van der Waals surface area contributed by atoms with Gasteiger partial charge in [0, 0.05) is 24.1 Å². The van der Waals surface area contributed by atoms with Gasteiger partial charge in [-0.25, -0.2) is 0 Å². The molecule has 1 aliphatic heterocycles. The minimum Gasteiger partial charge on any atom is -0.398 e. The monoisotopic (exact) mass is 254 g/mol. The second-order valence-corrected chi connectivity index (χ2v) is 5.02. The molecule has 0 bridgehead atoms. The van der Waals surface area contributed by atoms with E-state index >= 15 is 0 Å². The van der Waals surface area contributed by atoms with Crippen molar-refractivity contribution in [2.45, 2.75) is 26.3 Å². The molecule has 2 N–H and O–H groups in total. The van der Waals surface area contributed by atoms with Gasteiger partial charge in [0.05, 0.1) is 24.1 Å². The molecule has 0 atom stereocenters. The van der Waals surface area contributed by atoms with E-state index < -0.39 is 0 Å². The molecule has 1 aromatic heterocycles. The molecule has 3 rings (SSSR count). The molecule has 4 nitrogen and oxygen atoms in total. The van der Waals surface area contributed by atoms with Gasteiger partial charge >= 0.3 is 0 Å². The number of anilines is 2. The van der Waals surface area contributed by atoms with Gasteiger partial charge in [-0.2, -0.15) is 0 Å². The maximum atomic E-state index is 6.06. The van der Waals surface area contributed by atoms with Crippen LogP contribution in [0.1, 0.15) is 23.4 Å². The van der Waals surface area contributed by atoms with Crippen molar-refractivity contribution in [3.8, 4) is 0 Å². The molecule has 1 aliphatic rings. The minimum absolute atomic E-state index is 0.795. The molecule has 0 amide bonds. The van der Waals surface area contributed by atoms with Gasteiger partial charge in [0.15, 0.2) is 0 Å². The second-order valence-electron chi connectivity index (χ2n) is 5.02. The summed E-state index contributed by atoms with van der Waals surface area (Å²) < 4.78 is 0. The summed E-state index contributed by atoms with van der Waals surface area (Å²) in [5, 5.41) is 0. The molecular formula is C15H18N4. The number of nitrogen functional groups attached to an aromatic ring is 1. The summed E-state index contributed by atoms with van der Waals surface area (Å²) in [6.07, 6.45) is 5.88. The summed E-state index contributed by atoms with van der Waals surface area (Å²) in [5.74, 6) is 0. The normalized spacial score (nSPS) is 14.3. The zero-order valence-electron chi connectivity index (χ0n) is 11.1. The van der Waals surface area contributed by atoms with E-state index in [1.54, 1.807) is 0 Å². The van der Waals surface area contributed by atoms with E-state index in [2.05, 4.69) is 20.9 Å². The lowest BCUT2D eigenvalue weighted by Crippen LogP contribution is -2.29. The lowest BCUT2D eigenvalue weighted by Gasteiger charge is -2.31. The van der Waals surface area contributed by atoms with Crippen LogP contribution < -0.4 is 10.6 Å². The van der Waals surface area contributed by atoms with Crippen LogP contribution in [0.2, 0.25) is 0 Å². The summed E-state index contributed by atoms with van der Waals surface area (Å²) in [4.78, 5) is 11.1. The molecule has 1 aromatic carbocycles. The first kappa shape index (κ1) is 12.0. The summed E-state index contributed by atoms with van der Waals surface area (Å²) in [7, 11) is 0. The first-order valence-electron chi connectivity index (χ1n) is 6.64. The number of rotatable bonds is 2. The number of nitrogens with zero attached hydrogens (tertiary/aromatic N) is 3. The molecular weight excluding hydrogens is 236 g/mol. The fourth-order valence-corrected chi connectivity index (χ4v) is 2.59. The molecule has 0 spiro atoms. The SMILES string of the molecule is Cc1cnc(CN2CCCc3c(N)cccc32)cn1. The predicted octanol–water partition coefficient (Wildman–Crippen LogP) is 2.32. The third-order valence-electron chi connectivity index (χ3n) is 3.57. The number of hydrogen-bond acceptors (Lipinski definition) is 4. The molecule has 2 aromatic rings. The standard InChI is InChI=1S/C15H18N4/c1-11-8-18-12(9-17-11)10-19-7-3-4-13-14(16)5-2-6-15(13)19/h2,5-6,8-9H,3-4,7,10,16H2,1H3. The largest absolute Gasteiger partial charge is 0.398 e. The first-order chi connectivity index (χ1) is 9.24. The van der Waals surface area contributed by atoms with Crippen molar-refractivity contribution < 1.29 is 0 Å². The third-order valence-corrected chi connectivity index (χ3v) is 3.57. The smallest absolute Gasteiger partial charge is 0.0780 e. The van der Waals surface area contributed by atoms with Crippen LogP contribution in [0.25, 0.3) is 0 Å².